The second-order valence-corrected chi connectivity index (χ2v) is 17.3. The van der Waals surface area contributed by atoms with Crippen molar-refractivity contribution < 1.29 is 33.4 Å². The lowest BCUT2D eigenvalue weighted by atomic mass is 9.77. The molecule has 2 saturated heterocycles. The first-order valence-electron chi connectivity index (χ1n) is 21.1. The fraction of sp³-hybridized carbons (Fsp3) is 0.457. The molecule has 59 heavy (non-hydrogen) atoms. The normalized spacial score (nSPS) is 25.2. The van der Waals surface area contributed by atoms with Gasteiger partial charge in [-0.05, 0) is 95.2 Å². The number of nitrogens with one attached hydrogen (secondary N) is 2. The van der Waals surface area contributed by atoms with Crippen molar-refractivity contribution in [3.05, 3.63) is 92.7 Å². The zero-order valence-electron chi connectivity index (χ0n) is 34.2. The van der Waals surface area contributed by atoms with E-state index >= 15 is 0 Å². The minimum atomic E-state index is -1.07. The number of benzene rings is 1. The van der Waals surface area contributed by atoms with Crippen molar-refractivity contribution in [1.82, 2.24) is 9.97 Å². The van der Waals surface area contributed by atoms with E-state index in [1.54, 1.807) is 13.0 Å². The first-order chi connectivity index (χ1) is 28.4. The van der Waals surface area contributed by atoms with Gasteiger partial charge in [0, 0.05) is 47.5 Å². The number of nitrogens with two attached hydrogens (primary N) is 1. The van der Waals surface area contributed by atoms with E-state index in [0.717, 1.165) is 79.2 Å². The molecule has 13 heteroatoms. The summed E-state index contributed by atoms with van der Waals surface area (Å²) in [6.45, 7) is 10.1. The summed E-state index contributed by atoms with van der Waals surface area (Å²) in [5, 5.41) is 15.2. The lowest BCUT2D eigenvalue weighted by molar-refractivity contribution is -0.852. The predicted molar refractivity (Wildman–Crippen MR) is 225 cm³/mol. The van der Waals surface area contributed by atoms with E-state index in [0.29, 0.717) is 55.1 Å². The maximum Gasteiger partial charge on any atom is 0.341 e. The molecular weight excluding hydrogens is 749 g/mol. The van der Waals surface area contributed by atoms with Gasteiger partial charge < -0.3 is 34.8 Å². The number of esters is 1. The van der Waals surface area contributed by atoms with Crippen molar-refractivity contribution in [3.63, 3.8) is 0 Å². The fourth-order valence-electron chi connectivity index (χ4n) is 9.54. The molecule has 13 nitrogen and oxygen atoms in total. The van der Waals surface area contributed by atoms with Gasteiger partial charge >= 0.3 is 5.97 Å². The molecular formula is C46H53N6O7+. The molecule has 1 spiro atoms. The van der Waals surface area contributed by atoms with E-state index in [4.69, 9.17) is 34.3 Å². The molecule has 1 aromatic carbocycles. The van der Waals surface area contributed by atoms with Crippen molar-refractivity contribution in [2.45, 2.75) is 121 Å². The lowest BCUT2D eigenvalue weighted by Crippen LogP contribution is -3.04. The van der Waals surface area contributed by atoms with Crippen molar-refractivity contribution in [2.24, 2.45) is 4.99 Å². The van der Waals surface area contributed by atoms with E-state index in [-0.39, 0.29) is 28.3 Å². The number of carbonyl (C=O) groups excluding carboxylic acids is 1. The molecule has 3 aromatic heterocycles. The molecule has 1 unspecified atom stereocenters. The first-order valence-corrected chi connectivity index (χ1v) is 21.1. The number of unbranched alkanes of at least 4 members (excludes halogenated alkanes) is 2. The average Bonchev–Trinajstić information content (AvgIpc) is 3.46. The molecule has 308 valence electrons. The van der Waals surface area contributed by atoms with Crippen LogP contribution in [0.25, 0.3) is 22.2 Å². The van der Waals surface area contributed by atoms with Gasteiger partial charge in [0.05, 0.1) is 17.5 Å². The number of aromatic hydroxyl groups is 1. The Morgan fingerprint density at radius 2 is 1.93 bits per heavy atom. The molecule has 8 heterocycles. The van der Waals surface area contributed by atoms with Crippen LogP contribution >= 0.6 is 0 Å². The van der Waals surface area contributed by atoms with Gasteiger partial charge in [0.15, 0.2) is 11.0 Å². The number of pyridine rings is 2. The number of aryl methyl sites for hydroxylation is 2. The number of phenols is 1. The summed E-state index contributed by atoms with van der Waals surface area (Å²) in [6.07, 6.45) is 12.3. The number of epoxide rings is 1. The van der Waals surface area contributed by atoms with Crippen molar-refractivity contribution >= 4 is 34.8 Å². The highest BCUT2D eigenvalue weighted by molar-refractivity contribution is 5.88. The highest BCUT2D eigenvalue weighted by atomic mass is 16.7. The number of phenolic OH excluding ortho intramolecular Hbond substituents is 1. The summed E-state index contributed by atoms with van der Waals surface area (Å²) >= 11 is 0. The van der Waals surface area contributed by atoms with E-state index in [1.165, 1.54) is 16.5 Å². The number of nitrogens with zero attached hydrogens (tertiary/aromatic N) is 3. The van der Waals surface area contributed by atoms with Gasteiger partial charge in [-0.2, -0.15) is 0 Å². The Bertz CT molecular complexity index is 2490. The zero-order chi connectivity index (χ0) is 41.1. The summed E-state index contributed by atoms with van der Waals surface area (Å²) < 4.78 is 25.0. The van der Waals surface area contributed by atoms with Crippen LogP contribution in [0.15, 0.2) is 74.1 Å². The summed E-state index contributed by atoms with van der Waals surface area (Å²) in [4.78, 5) is 42.8. The summed E-state index contributed by atoms with van der Waals surface area (Å²) in [5.74, 6) is 1.11. The summed E-state index contributed by atoms with van der Waals surface area (Å²) in [5.41, 5.74) is 10.8. The number of hydrogen-bond donors (Lipinski definition) is 4. The van der Waals surface area contributed by atoms with Crippen molar-refractivity contribution in [1.29, 1.82) is 0 Å². The van der Waals surface area contributed by atoms with Gasteiger partial charge in [0.2, 0.25) is 0 Å². The molecule has 0 saturated carbocycles. The van der Waals surface area contributed by atoms with Crippen LogP contribution in [0.1, 0.15) is 101 Å². The van der Waals surface area contributed by atoms with E-state index < -0.39 is 29.2 Å². The number of quaternary nitrogens is 1. The Morgan fingerprint density at radius 1 is 1.07 bits per heavy atom. The van der Waals surface area contributed by atoms with Gasteiger partial charge in [-0.15, -0.1) is 0 Å². The molecule has 5 aliphatic heterocycles. The zero-order valence-corrected chi connectivity index (χ0v) is 34.2. The van der Waals surface area contributed by atoms with E-state index in [1.807, 2.05) is 32.2 Å². The van der Waals surface area contributed by atoms with Crippen LogP contribution in [-0.4, -0.2) is 63.8 Å². The van der Waals surface area contributed by atoms with Gasteiger partial charge in [-0.3, -0.25) is 14.7 Å². The number of ether oxygens (including phenoxy) is 3. The number of nitrogen functional groups attached to an aromatic ring is 1. The Kier molecular flexibility index (Phi) is 10.1. The molecule has 5 N–H and O–H groups in total. The largest absolute Gasteiger partial charge is 0.507 e. The van der Waals surface area contributed by atoms with Crippen molar-refractivity contribution in [3.8, 4) is 22.8 Å². The second-order valence-electron chi connectivity index (χ2n) is 17.3. The van der Waals surface area contributed by atoms with E-state index in [9.17, 15) is 14.7 Å². The average molecular weight is 802 g/mol. The van der Waals surface area contributed by atoms with Crippen LogP contribution in [0.3, 0.4) is 0 Å². The molecule has 5 atom stereocenters. The molecule has 9 rings (SSSR count). The third-order valence-electron chi connectivity index (χ3n) is 12.5. The topological polar surface area (TPSA) is 179 Å². The molecule has 4 aromatic rings. The van der Waals surface area contributed by atoms with Gasteiger partial charge in [0.1, 0.15) is 76.6 Å². The number of aromatic nitrogens is 2. The quantitative estimate of drug-likeness (QED) is 0.0770. The predicted octanol–water partition coefficient (Wildman–Crippen LogP) is 6.21. The van der Waals surface area contributed by atoms with Crippen LogP contribution in [0.5, 0.6) is 11.5 Å². The van der Waals surface area contributed by atoms with Crippen LogP contribution < -0.4 is 26.1 Å². The number of hydrogen-bond acceptors (Lipinski definition) is 12. The first kappa shape index (κ1) is 39.0. The third-order valence-corrected chi connectivity index (χ3v) is 12.5. The Labute approximate surface area is 343 Å². The Hall–Kier alpha value is -5.53. The number of anilines is 2. The lowest BCUT2D eigenvalue weighted by Gasteiger charge is -2.44. The van der Waals surface area contributed by atoms with Crippen LogP contribution in [-0.2, 0) is 27.2 Å². The standard InChI is InChI=1S/C46H52N6O7/c1-5-6-9-15-49-39-21-29(20-30(50-39)24-52-23-28-13-16-48-33(28)25-52)32-18-27(19-38(47)51-32)11-12-37-46(59-37)14-8-7-10-31-40-36(58-45(3,4)43(31)57-44(46)55)22-35-41(42(40)54)34(53)17-26(2)56-35/h13,16-22,25,31,37,43,54H,5-12,14-15,23-24H2,1-4H3,(H2,47,51)(H,49,50)/p+1/t31-,37-,43-,46-/m1/s1. The minimum absolute atomic E-state index is 0.102. The van der Waals surface area contributed by atoms with Gasteiger partial charge in [-0.1, -0.05) is 26.2 Å². The highest BCUT2D eigenvalue weighted by Crippen LogP contribution is 2.53. The van der Waals surface area contributed by atoms with Crippen LogP contribution in [0.2, 0.25) is 0 Å². The number of rotatable bonds is 11. The number of carbonyl (C=O) groups is 1. The number of allylic oxidation sites excluding steroid dienone is 1. The van der Waals surface area contributed by atoms with Gasteiger partial charge in [-0.25, -0.2) is 14.8 Å². The molecule has 0 radical (unpaired) electrons. The number of aliphatic imine (C=N–C) groups is 1. The Balaban J connectivity index is 0.925. The molecule has 0 aliphatic carbocycles. The molecule has 5 aliphatic rings. The minimum Gasteiger partial charge on any atom is -0.507 e. The van der Waals surface area contributed by atoms with Crippen molar-refractivity contribution in [2.75, 3.05) is 24.1 Å². The Morgan fingerprint density at radius 3 is 2.76 bits per heavy atom. The monoisotopic (exact) mass is 801 g/mol. The molecule has 2 fully saturated rings. The van der Waals surface area contributed by atoms with E-state index in [2.05, 4.69) is 41.6 Å². The SMILES string of the molecule is CCCCCNc1cc(-c2cc(CC[C@H]3O[C@]34CCCC[C@@H]3c5c(cc6oc(C)cc(=O)c6c5O)OC(C)(C)[C@@H]3OC4=O)cc(N)n2)cc(C[NH+]2C=C3N=CC=C3C2)n1. The molecule has 0 bridgehead atoms. The maximum absolute atomic E-state index is 14.2. The summed E-state index contributed by atoms with van der Waals surface area (Å²) in [6, 6.07) is 11.2. The smallest absolute Gasteiger partial charge is 0.341 e. The fourth-order valence-corrected chi connectivity index (χ4v) is 9.54. The van der Waals surface area contributed by atoms with Gasteiger partial charge in [0.25, 0.3) is 0 Å². The summed E-state index contributed by atoms with van der Waals surface area (Å²) in [7, 11) is 0. The second kappa shape index (κ2) is 15.3. The highest BCUT2D eigenvalue weighted by Gasteiger charge is 2.64. The van der Waals surface area contributed by atoms with Crippen LogP contribution in [0.4, 0.5) is 11.6 Å². The number of fused-ring (bicyclic) bond motifs is 5. The van der Waals surface area contributed by atoms with Crippen LogP contribution in [0, 0.1) is 6.92 Å². The molecule has 0 amide bonds. The third kappa shape index (κ3) is 7.50. The maximum atomic E-state index is 14.2.